The van der Waals surface area contributed by atoms with E-state index < -0.39 is 11.7 Å². The lowest BCUT2D eigenvalue weighted by Crippen LogP contribution is -2.10. The maximum atomic E-state index is 14.1. The number of nitrogens with zero attached hydrogens (tertiary/aromatic N) is 4. The number of ether oxygens (including phenoxy) is 1. The number of nitrogen functional groups attached to an aromatic ring is 1. The molecule has 0 aliphatic heterocycles. The van der Waals surface area contributed by atoms with Crippen LogP contribution in [0.15, 0.2) is 85.2 Å². The summed E-state index contributed by atoms with van der Waals surface area (Å²) < 4.78 is 49.0. The van der Waals surface area contributed by atoms with E-state index >= 15 is 0 Å². The lowest BCUT2D eigenvalue weighted by Gasteiger charge is -2.17. The van der Waals surface area contributed by atoms with Crippen LogP contribution in [0, 0.1) is 0 Å². The predicted octanol–water partition coefficient (Wildman–Crippen LogP) is 5.64. The van der Waals surface area contributed by atoms with Crippen molar-refractivity contribution in [1.82, 2.24) is 19.6 Å². The van der Waals surface area contributed by atoms with Crippen molar-refractivity contribution in [2.24, 2.45) is 0 Å². The SMILES string of the molecule is Nc1nc(-c2ccccc2)c(-c2ccc(OCc3ccccc3)c(C(F)(F)F)c2)c2ncnn12. The van der Waals surface area contributed by atoms with Crippen molar-refractivity contribution in [3.8, 4) is 28.1 Å². The van der Waals surface area contributed by atoms with Gasteiger partial charge in [-0.2, -0.15) is 22.8 Å². The molecule has 0 radical (unpaired) electrons. The number of alkyl halides is 3. The monoisotopic (exact) mass is 461 g/mol. The fraction of sp³-hybridized carbons (Fsp3) is 0.0800. The van der Waals surface area contributed by atoms with Gasteiger partial charge in [0.15, 0.2) is 5.65 Å². The molecule has 0 unspecified atom stereocenters. The summed E-state index contributed by atoms with van der Waals surface area (Å²) in [7, 11) is 0. The standard InChI is InChI=1S/C25H18F3N5O/c26-25(27,28)19-13-18(11-12-20(19)34-14-16-7-3-1-4-8-16)21-22(17-9-5-2-6-10-17)32-24(29)33-23(21)30-15-31-33/h1-13,15H,14H2,(H2,29,32). The van der Waals surface area contributed by atoms with Crippen LogP contribution in [0.1, 0.15) is 11.1 Å². The fourth-order valence-electron chi connectivity index (χ4n) is 3.74. The first-order chi connectivity index (χ1) is 16.4. The Morgan fingerprint density at radius 3 is 2.29 bits per heavy atom. The molecule has 0 bridgehead atoms. The molecule has 170 valence electrons. The number of nitrogens with two attached hydrogens (primary N) is 1. The topological polar surface area (TPSA) is 78.3 Å². The molecule has 0 amide bonds. The average molecular weight is 461 g/mol. The quantitative estimate of drug-likeness (QED) is 0.367. The van der Waals surface area contributed by atoms with Crippen molar-refractivity contribution in [3.05, 3.63) is 96.3 Å². The number of aromatic nitrogens is 4. The average Bonchev–Trinajstić information content (AvgIpc) is 3.34. The minimum absolute atomic E-state index is 0.0103. The summed E-state index contributed by atoms with van der Waals surface area (Å²) in [6.07, 6.45) is -3.35. The van der Waals surface area contributed by atoms with E-state index in [1.807, 2.05) is 24.3 Å². The molecule has 3 aromatic carbocycles. The number of anilines is 1. The van der Waals surface area contributed by atoms with Crippen LogP contribution >= 0.6 is 0 Å². The van der Waals surface area contributed by atoms with E-state index in [1.165, 1.54) is 16.9 Å². The molecule has 6 nitrogen and oxygen atoms in total. The first-order valence-electron chi connectivity index (χ1n) is 10.3. The van der Waals surface area contributed by atoms with Crippen LogP contribution in [0.3, 0.4) is 0 Å². The van der Waals surface area contributed by atoms with Crippen LogP contribution in [0.25, 0.3) is 28.0 Å². The van der Waals surface area contributed by atoms with Crippen molar-refractivity contribution >= 4 is 11.6 Å². The lowest BCUT2D eigenvalue weighted by molar-refractivity contribution is -0.139. The molecule has 0 aliphatic carbocycles. The minimum atomic E-state index is -4.64. The molecule has 2 N–H and O–H groups in total. The largest absolute Gasteiger partial charge is 0.488 e. The molecule has 34 heavy (non-hydrogen) atoms. The van der Waals surface area contributed by atoms with Crippen molar-refractivity contribution in [2.75, 3.05) is 5.73 Å². The Morgan fingerprint density at radius 2 is 1.59 bits per heavy atom. The maximum absolute atomic E-state index is 14.1. The van der Waals surface area contributed by atoms with Gasteiger partial charge in [-0.3, -0.25) is 0 Å². The highest BCUT2D eigenvalue weighted by Gasteiger charge is 2.35. The molecule has 0 fully saturated rings. The Balaban J connectivity index is 1.66. The highest BCUT2D eigenvalue weighted by Crippen LogP contribution is 2.42. The van der Waals surface area contributed by atoms with E-state index in [-0.39, 0.29) is 23.9 Å². The molecule has 0 saturated carbocycles. The third kappa shape index (κ3) is 4.03. The molecule has 0 aliphatic rings. The summed E-state index contributed by atoms with van der Waals surface area (Å²) in [6.45, 7) is 0.0103. The number of rotatable bonds is 5. The number of halogens is 3. The van der Waals surface area contributed by atoms with Gasteiger partial charge < -0.3 is 10.5 Å². The second-order valence-corrected chi connectivity index (χ2v) is 7.54. The maximum Gasteiger partial charge on any atom is 0.419 e. The third-order valence-corrected chi connectivity index (χ3v) is 5.31. The summed E-state index contributed by atoms with van der Waals surface area (Å²) in [5.74, 6) is -0.184. The Bertz CT molecular complexity index is 1450. The van der Waals surface area contributed by atoms with E-state index in [0.717, 1.165) is 11.6 Å². The van der Waals surface area contributed by atoms with Crippen LogP contribution in [0.4, 0.5) is 19.1 Å². The van der Waals surface area contributed by atoms with Gasteiger partial charge in [-0.25, -0.2) is 9.97 Å². The molecule has 9 heteroatoms. The molecular weight excluding hydrogens is 443 g/mol. The predicted molar refractivity (Wildman–Crippen MR) is 122 cm³/mol. The normalized spacial score (nSPS) is 11.6. The summed E-state index contributed by atoms with van der Waals surface area (Å²) in [6, 6.07) is 22.0. The Hall–Kier alpha value is -4.40. The third-order valence-electron chi connectivity index (χ3n) is 5.31. The molecule has 0 spiro atoms. The summed E-state index contributed by atoms with van der Waals surface area (Å²) >= 11 is 0. The van der Waals surface area contributed by atoms with E-state index in [1.54, 1.807) is 42.5 Å². The zero-order valence-corrected chi connectivity index (χ0v) is 17.7. The smallest absolute Gasteiger partial charge is 0.419 e. The van der Waals surface area contributed by atoms with Crippen LogP contribution in [-0.2, 0) is 12.8 Å². The van der Waals surface area contributed by atoms with Crippen molar-refractivity contribution in [2.45, 2.75) is 12.8 Å². The highest BCUT2D eigenvalue weighted by atomic mass is 19.4. The van der Waals surface area contributed by atoms with Crippen LogP contribution in [-0.4, -0.2) is 19.6 Å². The van der Waals surface area contributed by atoms with Gasteiger partial charge in [-0.05, 0) is 23.3 Å². The number of hydrogen-bond acceptors (Lipinski definition) is 5. The van der Waals surface area contributed by atoms with Gasteiger partial charge >= 0.3 is 6.18 Å². The zero-order valence-electron chi connectivity index (χ0n) is 17.7. The first kappa shape index (κ1) is 21.4. The van der Waals surface area contributed by atoms with E-state index in [2.05, 4.69) is 15.1 Å². The van der Waals surface area contributed by atoms with E-state index in [4.69, 9.17) is 10.5 Å². The van der Waals surface area contributed by atoms with Gasteiger partial charge in [0.05, 0.1) is 16.8 Å². The van der Waals surface area contributed by atoms with Crippen molar-refractivity contribution in [1.29, 1.82) is 0 Å². The Kier molecular flexibility index (Phi) is 5.37. The zero-order chi connectivity index (χ0) is 23.7. The molecule has 5 rings (SSSR count). The molecule has 0 saturated heterocycles. The molecule has 5 aromatic rings. The Morgan fingerprint density at radius 1 is 0.882 bits per heavy atom. The second-order valence-electron chi connectivity index (χ2n) is 7.54. The number of fused-ring (bicyclic) bond motifs is 1. The van der Waals surface area contributed by atoms with Gasteiger partial charge in [0, 0.05) is 5.56 Å². The van der Waals surface area contributed by atoms with Crippen molar-refractivity contribution in [3.63, 3.8) is 0 Å². The van der Waals surface area contributed by atoms with Crippen LogP contribution in [0.2, 0.25) is 0 Å². The van der Waals surface area contributed by atoms with Gasteiger partial charge in [0.2, 0.25) is 5.95 Å². The summed E-state index contributed by atoms with van der Waals surface area (Å²) in [5, 5.41) is 4.06. The van der Waals surface area contributed by atoms with E-state index in [0.29, 0.717) is 22.5 Å². The Labute approximate surface area is 192 Å². The van der Waals surface area contributed by atoms with Crippen LogP contribution in [0.5, 0.6) is 5.75 Å². The van der Waals surface area contributed by atoms with Gasteiger partial charge in [-0.15, -0.1) is 0 Å². The van der Waals surface area contributed by atoms with Gasteiger partial charge in [0.1, 0.15) is 18.7 Å². The minimum Gasteiger partial charge on any atom is -0.488 e. The highest BCUT2D eigenvalue weighted by molar-refractivity contribution is 5.91. The fourth-order valence-corrected chi connectivity index (χ4v) is 3.74. The van der Waals surface area contributed by atoms with E-state index in [9.17, 15) is 13.2 Å². The van der Waals surface area contributed by atoms with Gasteiger partial charge in [-0.1, -0.05) is 66.7 Å². The lowest BCUT2D eigenvalue weighted by atomic mass is 9.98. The van der Waals surface area contributed by atoms with Gasteiger partial charge in [0.25, 0.3) is 0 Å². The summed E-state index contributed by atoms with van der Waals surface area (Å²) in [5.41, 5.74) is 7.97. The van der Waals surface area contributed by atoms with Crippen LogP contribution < -0.4 is 10.5 Å². The number of hydrogen-bond donors (Lipinski definition) is 1. The second kappa shape index (κ2) is 8.51. The molecule has 0 atom stereocenters. The number of benzene rings is 3. The first-order valence-corrected chi connectivity index (χ1v) is 10.3. The molecule has 2 aromatic heterocycles. The van der Waals surface area contributed by atoms with Crippen molar-refractivity contribution < 1.29 is 17.9 Å². The molecular formula is C25H18F3N5O. The summed E-state index contributed by atoms with van der Waals surface area (Å²) in [4.78, 5) is 8.69. The molecule has 2 heterocycles.